The van der Waals surface area contributed by atoms with Gasteiger partial charge in [-0.2, -0.15) is 21.6 Å². The molecule has 0 saturated carbocycles. The number of nitrogens with zero attached hydrogens (tertiary/aromatic N) is 1. The third-order valence-corrected chi connectivity index (χ3v) is 2.19. The summed E-state index contributed by atoms with van der Waals surface area (Å²) >= 11 is 0. The second kappa shape index (κ2) is 5.30. The summed E-state index contributed by atoms with van der Waals surface area (Å²) in [7, 11) is -5.73. The monoisotopic (exact) mass is 261 g/mol. The molecule has 0 aliphatic rings. The van der Waals surface area contributed by atoms with Crippen LogP contribution in [0, 0.1) is 0 Å². The average Bonchev–Trinajstić information content (AvgIpc) is 2.13. The first-order valence-electron chi connectivity index (χ1n) is 3.94. The Morgan fingerprint density at radius 2 is 2.12 bits per heavy atom. The summed E-state index contributed by atoms with van der Waals surface area (Å²) in [6.45, 7) is 4.42. The molecule has 1 unspecified atom stereocenters. The molecule has 0 bridgehead atoms. The van der Waals surface area contributed by atoms with Crippen LogP contribution in [0.3, 0.4) is 0 Å². The summed E-state index contributed by atoms with van der Waals surface area (Å²) < 4.78 is 59.4. The van der Waals surface area contributed by atoms with E-state index < -0.39 is 21.7 Å². The number of oxime groups is 1. The van der Waals surface area contributed by atoms with E-state index in [9.17, 15) is 21.6 Å². The molecule has 0 radical (unpaired) electrons. The number of hydrogen-bond donors (Lipinski definition) is 1. The van der Waals surface area contributed by atoms with Gasteiger partial charge in [0.2, 0.25) is 0 Å². The van der Waals surface area contributed by atoms with Crippen molar-refractivity contribution in [1.29, 1.82) is 0 Å². The number of halogens is 3. The Morgan fingerprint density at radius 1 is 1.62 bits per heavy atom. The van der Waals surface area contributed by atoms with Crippen LogP contribution in [0.15, 0.2) is 17.8 Å². The maximum Gasteiger partial charge on any atom is 0.536 e. The molecule has 0 saturated heterocycles. The van der Waals surface area contributed by atoms with E-state index in [0.29, 0.717) is 0 Å². The highest BCUT2D eigenvalue weighted by atomic mass is 32.2. The predicted octanol–water partition coefficient (Wildman–Crippen LogP) is 1.17. The number of aliphatic hydroxyl groups is 1. The Balaban J connectivity index is 4.55. The molecule has 0 aromatic heterocycles. The number of alkyl halides is 3. The van der Waals surface area contributed by atoms with Crippen molar-refractivity contribution in [2.45, 2.75) is 25.0 Å². The molecule has 0 rings (SSSR count). The fraction of sp³-hybridized carbons (Fsp3) is 0.571. The van der Waals surface area contributed by atoms with Gasteiger partial charge in [-0.25, -0.2) is 0 Å². The van der Waals surface area contributed by atoms with Gasteiger partial charge in [-0.05, 0) is 6.92 Å². The van der Waals surface area contributed by atoms with Gasteiger partial charge in [-0.1, -0.05) is 11.2 Å². The fourth-order valence-electron chi connectivity index (χ4n) is 0.578. The Morgan fingerprint density at radius 3 is 2.50 bits per heavy atom. The lowest BCUT2D eigenvalue weighted by Crippen LogP contribution is -2.24. The Kier molecular flexibility index (Phi) is 4.94. The molecule has 0 aromatic rings. The van der Waals surface area contributed by atoms with Gasteiger partial charge < -0.3 is 5.11 Å². The highest BCUT2D eigenvalue weighted by Crippen LogP contribution is 2.24. The van der Waals surface area contributed by atoms with Crippen molar-refractivity contribution >= 4 is 15.8 Å². The normalized spacial score (nSPS) is 15.7. The van der Waals surface area contributed by atoms with Crippen LogP contribution in [0.25, 0.3) is 0 Å². The largest absolute Gasteiger partial charge is 0.536 e. The zero-order valence-corrected chi connectivity index (χ0v) is 9.05. The smallest absolute Gasteiger partial charge is 0.389 e. The van der Waals surface area contributed by atoms with Crippen molar-refractivity contribution in [1.82, 2.24) is 0 Å². The molecule has 1 N–H and O–H groups in total. The van der Waals surface area contributed by atoms with Gasteiger partial charge in [-0.15, -0.1) is 6.58 Å². The van der Waals surface area contributed by atoms with Crippen LogP contribution in [0.1, 0.15) is 13.3 Å². The van der Waals surface area contributed by atoms with E-state index in [1.165, 1.54) is 6.92 Å². The van der Waals surface area contributed by atoms with Crippen molar-refractivity contribution in [3.8, 4) is 0 Å². The molecule has 1 atom stereocenters. The van der Waals surface area contributed by atoms with Gasteiger partial charge in [0.05, 0.1) is 11.8 Å². The summed E-state index contributed by atoms with van der Waals surface area (Å²) in [6.07, 6.45) is -0.0744. The SMILES string of the molecule is C=CC(O)CC(C)=NOS(=O)(=O)C(F)(F)F. The molecule has 0 fully saturated rings. The molecule has 0 aliphatic heterocycles. The van der Waals surface area contributed by atoms with Gasteiger partial charge in [0.1, 0.15) is 0 Å². The Bertz CT molecular complexity index is 374. The molecule has 0 aliphatic carbocycles. The molecule has 0 heterocycles. The van der Waals surface area contributed by atoms with E-state index >= 15 is 0 Å². The summed E-state index contributed by atoms with van der Waals surface area (Å²) in [6, 6.07) is 0. The van der Waals surface area contributed by atoms with Crippen LogP contribution in [0.5, 0.6) is 0 Å². The lowest BCUT2D eigenvalue weighted by Gasteiger charge is -2.06. The first kappa shape index (κ1) is 14.9. The second-order valence-corrected chi connectivity index (χ2v) is 4.33. The van der Waals surface area contributed by atoms with Crippen LogP contribution in [-0.2, 0) is 14.4 Å². The van der Waals surface area contributed by atoms with Crippen molar-refractivity contribution in [2.24, 2.45) is 5.16 Å². The van der Waals surface area contributed by atoms with Crippen molar-refractivity contribution in [3.63, 3.8) is 0 Å². The van der Waals surface area contributed by atoms with E-state index in [1.807, 2.05) is 0 Å². The van der Waals surface area contributed by atoms with Gasteiger partial charge in [-0.3, -0.25) is 4.28 Å². The summed E-state index contributed by atoms with van der Waals surface area (Å²) in [4.78, 5) is 0. The molecule has 16 heavy (non-hydrogen) atoms. The fourth-order valence-corrected chi connectivity index (χ4v) is 0.888. The molecule has 9 heteroatoms. The highest BCUT2D eigenvalue weighted by Gasteiger charge is 2.49. The quantitative estimate of drug-likeness (QED) is 0.349. The third kappa shape index (κ3) is 4.62. The van der Waals surface area contributed by atoms with Crippen molar-refractivity contribution < 1.29 is 31.0 Å². The minimum absolute atomic E-state index is 0.111. The van der Waals surface area contributed by atoms with Gasteiger partial charge in [0.15, 0.2) is 0 Å². The zero-order chi connectivity index (χ0) is 13.0. The molecule has 0 amide bonds. The standard InChI is InChI=1S/C7H10F3NO4S/c1-3-6(12)4-5(2)11-15-16(13,14)7(8,9)10/h3,6,12H,1,4H2,2H3. The predicted molar refractivity (Wildman–Crippen MR) is 50.0 cm³/mol. The molecular weight excluding hydrogens is 251 g/mol. The highest BCUT2D eigenvalue weighted by molar-refractivity contribution is 7.87. The number of rotatable bonds is 5. The summed E-state index contributed by atoms with van der Waals surface area (Å²) in [5.74, 6) is 0. The molecule has 5 nitrogen and oxygen atoms in total. The van der Waals surface area contributed by atoms with E-state index in [4.69, 9.17) is 5.11 Å². The van der Waals surface area contributed by atoms with Crippen LogP contribution >= 0.6 is 0 Å². The van der Waals surface area contributed by atoms with Crippen LogP contribution in [0.2, 0.25) is 0 Å². The number of hydrogen-bond acceptors (Lipinski definition) is 5. The third-order valence-electron chi connectivity index (χ3n) is 1.35. The maximum absolute atomic E-state index is 11.8. The lowest BCUT2D eigenvalue weighted by atomic mass is 10.2. The van der Waals surface area contributed by atoms with Crippen LogP contribution < -0.4 is 0 Å². The van der Waals surface area contributed by atoms with Gasteiger partial charge in [0.25, 0.3) is 0 Å². The topological polar surface area (TPSA) is 76.0 Å². The van der Waals surface area contributed by atoms with E-state index in [2.05, 4.69) is 16.0 Å². The maximum atomic E-state index is 11.8. The van der Waals surface area contributed by atoms with Gasteiger partial charge >= 0.3 is 15.6 Å². The minimum Gasteiger partial charge on any atom is -0.389 e. The molecule has 94 valence electrons. The number of aliphatic hydroxyl groups excluding tert-OH is 1. The molecular formula is C7H10F3NO4S. The van der Waals surface area contributed by atoms with Crippen molar-refractivity contribution in [3.05, 3.63) is 12.7 Å². The van der Waals surface area contributed by atoms with E-state index in [0.717, 1.165) is 6.08 Å². The van der Waals surface area contributed by atoms with Crippen molar-refractivity contribution in [2.75, 3.05) is 0 Å². The van der Waals surface area contributed by atoms with Gasteiger partial charge in [0, 0.05) is 6.42 Å². The summed E-state index contributed by atoms with van der Waals surface area (Å²) in [5, 5.41) is 11.7. The second-order valence-electron chi connectivity index (χ2n) is 2.81. The first-order chi connectivity index (χ1) is 7.10. The Labute approximate surface area is 90.3 Å². The lowest BCUT2D eigenvalue weighted by molar-refractivity contribution is -0.0541. The minimum atomic E-state index is -5.73. The molecule has 0 spiro atoms. The molecule has 0 aromatic carbocycles. The summed E-state index contributed by atoms with van der Waals surface area (Å²) in [5.41, 5.74) is -5.63. The Hall–Kier alpha value is -1.09. The van der Waals surface area contributed by atoms with Crippen LogP contribution in [0.4, 0.5) is 13.2 Å². The zero-order valence-electron chi connectivity index (χ0n) is 8.23. The van der Waals surface area contributed by atoms with Crippen LogP contribution in [-0.4, -0.2) is 30.8 Å². The van der Waals surface area contributed by atoms with E-state index in [1.54, 1.807) is 0 Å². The average molecular weight is 261 g/mol. The van der Waals surface area contributed by atoms with E-state index in [-0.39, 0.29) is 12.1 Å². The first-order valence-corrected chi connectivity index (χ1v) is 5.35.